The highest BCUT2D eigenvalue weighted by Gasteiger charge is 1.94. The number of hydrogen-bond donors (Lipinski definition) is 0. The van der Waals surface area contributed by atoms with Crippen molar-refractivity contribution in [2.75, 3.05) is 0 Å². The first-order valence-corrected chi connectivity index (χ1v) is 6.24. The van der Waals surface area contributed by atoms with E-state index < -0.39 is 0 Å². The second-order valence-electron chi connectivity index (χ2n) is 4.26. The molecule has 0 fully saturated rings. The third-order valence-electron chi connectivity index (χ3n) is 2.29. The van der Waals surface area contributed by atoms with Gasteiger partial charge in [0.25, 0.3) is 0 Å². The summed E-state index contributed by atoms with van der Waals surface area (Å²) in [7, 11) is 0. The highest BCUT2D eigenvalue weighted by atomic mass is 16.5. The van der Waals surface area contributed by atoms with Gasteiger partial charge >= 0.3 is 0 Å². The summed E-state index contributed by atoms with van der Waals surface area (Å²) in [6.07, 6.45) is 11.1. The Balaban J connectivity index is 2.85. The number of hydrogen-bond acceptors (Lipinski definition) is 1. The van der Waals surface area contributed by atoms with Gasteiger partial charge in [-0.3, -0.25) is 0 Å². The highest BCUT2D eigenvalue weighted by molar-refractivity contribution is 4.54. The molecule has 0 saturated carbocycles. The maximum Gasteiger partial charge on any atom is 0.0840 e. The molecule has 0 aliphatic rings. The zero-order chi connectivity index (χ0) is 10.6. The standard InChI is InChI=1S/C13H27O/c1-4-5-6-7-8-9-10-11-12-14-13(2)3/h12-13H,4-11H2,1-3H3. The van der Waals surface area contributed by atoms with Crippen molar-refractivity contribution < 1.29 is 4.74 Å². The monoisotopic (exact) mass is 199 g/mol. The molecule has 0 spiro atoms. The summed E-state index contributed by atoms with van der Waals surface area (Å²) in [6.45, 7) is 8.37. The van der Waals surface area contributed by atoms with Crippen LogP contribution in [-0.4, -0.2) is 6.10 Å². The van der Waals surface area contributed by atoms with Crippen LogP contribution in [0.5, 0.6) is 0 Å². The smallest absolute Gasteiger partial charge is 0.0840 e. The van der Waals surface area contributed by atoms with E-state index in [1.807, 2.05) is 6.61 Å². The van der Waals surface area contributed by atoms with Crippen LogP contribution in [0.15, 0.2) is 0 Å². The average molecular weight is 199 g/mol. The van der Waals surface area contributed by atoms with E-state index in [0.29, 0.717) is 6.10 Å². The Kier molecular flexibility index (Phi) is 11.0. The van der Waals surface area contributed by atoms with Crippen molar-refractivity contribution in [2.45, 2.75) is 78.2 Å². The topological polar surface area (TPSA) is 9.23 Å². The molecular formula is C13H27O. The van der Waals surface area contributed by atoms with Gasteiger partial charge in [-0.25, -0.2) is 0 Å². The molecule has 14 heavy (non-hydrogen) atoms. The first-order valence-electron chi connectivity index (χ1n) is 6.24. The summed E-state index contributed by atoms with van der Waals surface area (Å²) < 4.78 is 5.36. The van der Waals surface area contributed by atoms with Crippen molar-refractivity contribution in [3.8, 4) is 0 Å². The van der Waals surface area contributed by atoms with Crippen LogP contribution in [0.4, 0.5) is 0 Å². The van der Waals surface area contributed by atoms with Gasteiger partial charge in [0.05, 0.1) is 12.7 Å². The van der Waals surface area contributed by atoms with Crippen molar-refractivity contribution in [3.63, 3.8) is 0 Å². The zero-order valence-corrected chi connectivity index (χ0v) is 10.2. The van der Waals surface area contributed by atoms with E-state index in [2.05, 4.69) is 20.8 Å². The zero-order valence-electron chi connectivity index (χ0n) is 10.2. The molecule has 0 aromatic carbocycles. The van der Waals surface area contributed by atoms with Gasteiger partial charge in [-0.15, -0.1) is 0 Å². The second kappa shape index (κ2) is 11.0. The van der Waals surface area contributed by atoms with E-state index in [9.17, 15) is 0 Å². The Morgan fingerprint density at radius 3 is 2.07 bits per heavy atom. The lowest BCUT2D eigenvalue weighted by atomic mass is 10.1. The lowest BCUT2D eigenvalue weighted by Crippen LogP contribution is -1.99. The van der Waals surface area contributed by atoms with E-state index in [1.54, 1.807) is 0 Å². The van der Waals surface area contributed by atoms with Crippen molar-refractivity contribution >= 4 is 0 Å². The predicted molar refractivity (Wildman–Crippen MR) is 63.1 cm³/mol. The quantitative estimate of drug-likeness (QED) is 0.463. The molecule has 85 valence electrons. The van der Waals surface area contributed by atoms with Crippen molar-refractivity contribution in [1.82, 2.24) is 0 Å². The third-order valence-corrected chi connectivity index (χ3v) is 2.29. The van der Waals surface area contributed by atoms with Crippen LogP contribution in [0.3, 0.4) is 0 Å². The van der Waals surface area contributed by atoms with E-state index >= 15 is 0 Å². The van der Waals surface area contributed by atoms with Crippen LogP contribution in [0.1, 0.15) is 72.1 Å². The molecule has 1 nitrogen and oxygen atoms in total. The van der Waals surface area contributed by atoms with Gasteiger partial charge in [-0.1, -0.05) is 51.9 Å². The summed E-state index contributed by atoms with van der Waals surface area (Å²) in [5.74, 6) is 0. The minimum Gasteiger partial charge on any atom is -0.373 e. The van der Waals surface area contributed by atoms with E-state index in [1.165, 1.54) is 44.9 Å². The minimum absolute atomic E-state index is 0.347. The molecule has 0 aliphatic carbocycles. The fourth-order valence-corrected chi connectivity index (χ4v) is 1.45. The van der Waals surface area contributed by atoms with Gasteiger partial charge < -0.3 is 4.74 Å². The molecule has 0 aromatic rings. The molecule has 0 unspecified atom stereocenters. The van der Waals surface area contributed by atoms with Crippen LogP contribution in [0.2, 0.25) is 0 Å². The van der Waals surface area contributed by atoms with Gasteiger partial charge in [0.1, 0.15) is 0 Å². The van der Waals surface area contributed by atoms with Gasteiger partial charge in [0.15, 0.2) is 0 Å². The van der Waals surface area contributed by atoms with Crippen LogP contribution < -0.4 is 0 Å². The molecule has 0 heterocycles. The van der Waals surface area contributed by atoms with E-state index in [4.69, 9.17) is 4.74 Å². The van der Waals surface area contributed by atoms with Crippen LogP contribution in [0, 0.1) is 6.61 Å². The van der Waals surface area contributed by atoms with Crippen molar-refractivity contribution in [3.05, 3.63) is 6.61 Å². The number of ether oxygens (including phenoxy) is 1. The Morgan fingerprint density at radius 2 is 1.50 bits per heavy atom. The Labute approximate surface area is 90.2 Å². The van der Waals surface area contributed by atoms with E-state index in [0.717, 1.165) is 6.42 Å². The van der Waals surface area contributed by atoms with Crippen LogP contribution in [0.25, 0.3) is 0 Å². The Bertz CT molecular complexity index is 99.4. The van der Waals surface area contributed by atoms with E-state index in [-0.39, 0.29) is 0 Å². The Hall–Kier alpha value is -0.0400. The summed E-state index contributed by atoms with van der Waals surface area (Å²) in [5.41, 5.74) is 0. The molecule has 1 heteroatoms. The third kappa shape index (κ3) is 12.0. The average Bonchev–Trinajstić information content (AvgIpc) is 2.15. The minimum atomic E-state index is 0.347. The molecule has 0 N–H and O–H groups in total. The SMILES string of the molecule is CCCCCCCCC[CH]OC(C)C. The van der Waals surface area contributed by atoms with Gasteiger partial charge in [-0.2, -0.15) is 0 Å². The lowest BCUT2D eigenvalue weighted by Gasteiger charge is -2.05. The van der Waals surface area contributed by atoms with Crippen LogP contribution >= 0.6 is 0 Å². The maximum atomic E-state index is 5.36. The predicted octanol–water partition coefficient (Wildman–Crippen LogP) is 4.71. The summed E-state index contributed by atoms with van der Waals surface area (Å²) in [5, 5.41) is 0. The number of rotatable bonds is 10. The molecule has 0 rings (SSSR count). The molecule has 0 saturated heterocycles. The first-order chi connectivity index (χ1) is 6.77. The molecule has 0 amide bonds. The normalized spacial score (nSPS) is 11.1. The maximum absolute atomic E-state index is 5.36. The summed E-state index contributed by atoms with van der Waals surface area (Å²) in [6, 6.07) is 0. The van der Waals surface area contributed by atoms with Crippen molar-refractivity contribution in [2.24, 2.45) is 0 Å². The van der Waals surface area contributed by atoms with Gasteiger partial charge in [0, 0.05) is 0 Å². The van der Waals surface area contributed by atoms with Gasteiger partial charge in [0.2, 0.25) is 0 Å². The lowest BCUT2D eigenvalue weighted by molar-refractivity contribution is 0.129. The first kappa shape index (κ1) is 14.0. The summed E-state index contributed by atoms with van der Waals surface area (Å²) in [4.78, 5) is 0. The second-order valence-corrected chi connectivity index (χ2v) is 4.26. The molecule has 0 atom stereocenters. The largest absolute Gasteiger partial charge is 0.373 e. The number of unbranched alkanes of at least 4 members (excludes halogenated alkanes) is 7. The molecule has 1 radical (unpaired) electrons. The fourth-order valence-electron chi connectivity index (χ4n) is 1.45. The Morgan fingerprint density at radius 1 is 0.929 bits per heavy atom. The molecule has 0 bridgehead atoms. The van der Waals surface area contributed by atoms with Gasteiger partial charge in [-0.05, 0) is 20.3 Å². The molecule has 0 aliphatic heterocycles. The van der Waals surface area contributed by atoms with Crippen molar-refractivity contribution in [1.29, 1.82) is 0 Å². The highest BCUT2D eigenvalue weighted by Crippen LogP contribution is 2.09. The molecular weight excluding hydrogens is 172 g/mol. The van der Waals surface area contributed by atoms with Crippen LogP contribution in [-0.2, 0) is 4.74 Å². The summed E-state index contributed by atoms with van der Waals surface area (Å²) >= 11 is 0. The fraction of sp³-hybridized carbons (Fsp3) is 0.923. The molecule has 0 aromatic heterocycles.